The quantitative estimate of drug-likeness (QED) is 0.457. The molecule has 1 unspecified atom stereocenters. The summed E-state index contributed by atoms with van der Waals surface area (Å²) >= 11 is 4.75. The minimum Gasteiger partial charge on any atom is -0.374 e. The molecule has 1 nitrogen and oxygen atoms in total. The van der Waals surface area contributed by atoms with Crippen molar-refractivity contribution < 1.29 is 18.3 Å². The second-order valence-electron chi connectivity index (χ2n) is 1.27. The number of aliphatic hydroxyl groups is 1. The van der Waals surface area contributed by atoms with Crippen molar-refractivity contribution in [1.82, 2.24) is 0 Å². The molecule has 0 spiro atoms. The SMILES string of the molecule is OC(Cl)/C=C/C(F)(F)F. The Morgan fingerprint density at radius 3 is 2.00 bits per heavy atom. The number of hydrogen-bond acceptors (Lipinski definition) is 1. The molecule has 0 aliphatic heterocycles. The maximum Gasteiger partial charge on any atom is 0.409 e. The summed E-state index contributed by atoms with van der Waals surface area (Å²) in [5.41, 5.74) is -1.56. The van der Waals surface area contributed by atoms with Crippen LogP contribution in [0, 0.1) is 0 Å². The fourth-order valence-corrected chi connectivity index (χ4v) is 0.261. The normalized spacial score (nSPS) is 16.6. The summed E-state index contributed by atoms with van der Waals surface area (Å²) in [5, 5.41) is 8.09. The summed E-state index contributed by atoms with van der Waals surface area (Å²) in [6, 6.07) is 0. The molecule has 1 N–H and O–H groups in total. The van der Waals surface area contributed by atoms with Crippen LogP contribution >= 0.6 is 11.6 Å². The third kappa shape index (κ3) is 7.78. The number of allylic oxidation sites excluding steroid dienone is 1. The van der Waals surface area contributed by atoms with Crippen LogP contribution in [-0.2, 0) is 0 Å². The van der Waals surface area contributed by atoms with Crippen LogP contribution in [0.3, 0.4) is 0 Å². The number of alkyl halides is 4. The Hall–Kier alpha value is -0.220. The van der Waals surface area contributed by atoms with E-state index in [9.17, 15) is 13.2 Å². The highest BCUT2D eigenvalue weighted by molar-refractivity contribution is 6.20. The third-order valence-corrected chi connectivity index (χ3v) is 0.589. The standard InChI is InChI=1S/C4H4ClF3O/c5-3(9)1-2-4(6,7)8/h1-3,9H/b2-1+. The molecule has 9 heavy (non-hydrogen) atoms. The van der Waals surface area contributed by atoms with Crippen molar-refractivity contribution in [3.05, 3.63) is 12.2 Å². The molecule has 54 valence electrons. The summed E-state index contributed by atoms with van der Waals surface area (Å²) in [5.74, 6) is 0. The highest BCUT2D eigenvalue weighted by Crippen LogP contribution is 2.16. The van der Waals surface area contributed by atoms with E-state index < -0.39 is 11.7 Å². The predicted octanol–water partition coefficient (Wildman–Crippen LogP) is 1.66. The van der Waals surface area contributed by atoms with Gasteiger partial charge in [0.1, 0.15) is 5.56 Å². The van der Waals surface area contributed by atoms with Crippen molar-refractivity contribution in [3.63, 3.8) is 0 Å². The molecule has 0 rings (SSSR count). The van der Waals surface area contributed by atoms with Crippen LogP contribution in [0.1, 0.15) is 0 Å². The molecule has 0 amide bonds. The Morgan fingerprint density at radius 1 is 1.44 bits per heavy atom. The largest absolute Gasteiger partial charge is 0.409 e. The number of aliphatic hydroxyl groups excluding tert-OH is 1. The molecule has 0 radical (unpaired) electrons. The van der Waals surface area contributed by atoms with Gasteiger partial charge in [-0.2, -0.15) is 13.2 Å². The van der Waals surface area contributed by atoms with Crippen molar-refractivity contribution in [3.8, 4) is 0 Å². The van der Waals surface area contributed by atoms with Crippen molar-refractivity contribution in [2.24, 2.45) is 0 Å². The predicted molar refractivity (Wildman–Crippen MR) is 27.1 cm³/mol. The van der Waals surface area contributed by atoms with Crippen molar-refractivity contribution >= 4 is 11.6 Å². The van der Waals surface area contributed by atoms with E-state index in [2.05, 4.69) is 0 Å². The van der Waals surface area contributed by atoms with Crippen molar-refractivity contribution in [1.29, 1.82) is 0 Å². The minimum absolute atomic E-state index is 0.120. The van der Waals surface area contributed by atoms with E-state index in [0.29, 0.717) is 6.08 Å². The van der Waals surface area contributed by atoms with Crippen LogP contribution < -0.4 is 0 Å². The average Bonchev–Trinajstić information content (AvgIpc) is 1.59. The Morgan fingerprint density at radius 2 is 1.89 bits per heavy atom. The summed E-state index contributed by atoms with van der Waals surface area (Å²) in [4.78, 5) is 0. The van der Waals surface area contributed by atoms with E-state index >= 15 is 0 Å². The van der Waals surface area contributed by atoms with E-state index in [4.69, 9.17) is 16.7 Å². The molecule has 0 aromatic rings. The van der Waals surface area contributed by atoms with Gasteiger partial charge in [0, 0.05) is 6.08 Å². The zero-order valence-corrected chi connectivity index (χ0v) is 4.95. The molecular formula is C4H4ClF3O. The van der Waals surface area contributed by atoms with Gasteiger partial charge in [-0.05, 0) is 6.08 Å². The lowest BCUT2D eigenvalue weighted by Crippen LogP contribution is -2.02. The van der Waals surface area contributed by atoms with Gasteiger partial charge in [0.05, 0.1) is 0 Å². The fourth-order valence-electron chi connectivity index (χ4n) is 0.189. The zero-order chi connectivity index (χ0) is 7.49. The first-order chi connectivity index (χ1) is 3.92. The lowest BCUT2D eigenvalue weighted by molar-refractivity contribution is -0.0803. The molecule has 0 bridgehead atoms. The Balaban J connectivity index is 3.71. The maximum atomic E-state index is 11.2. The number of halogens is 4. The summed E-state index contributed by atoms with van der Waals surface area (Å²) in [6.07, 6.45) is -4.07. The van der Waals surface area contributed by atoms with Gasteiger partial charge < -0.3 is 5.11 Å². The van der Waals surface area contributed by atoms with Gasteiger partial charge in [-0.3, -0.25) is 0 Å². The van der Waals surface area contributed by atoms with E-state index in [1.54, 1.807) is 0 Å². The van der Waals surface area contributed by atoms with Crippen LogP contribution in [-0.4, -0.2) is 16.8 Å². The van der Waals surface area contributed by atoms with E-state index in [0.717, 1.165) is 0 Å². The van der Waals surface area contributed by atoms with Crippen LogP contribution in [0.2, 0.25) is 0 Å². The minimum atomic E-state index is -4.39. The first kappa shape index (κ1) is 8.78. The Kier molecular flexibility index (Phi) is 3.00. The lowest BCUT2D eigenvalue weighted by atomic mass is 10.5. The summed E-state index contributed by atoms with van der Waals surface area (Å²) < 4.78 is 33.5. The molecule has 0 aliphatic rings. The van der Waals surface area contributed by atoms with E-state index in [1.165, 1.54) is 0 Å². The molecular weight excluding hydrogens is 156 g/mol. The van der Waals surface area contributed by atoms with Crippen LogP contribution in [0.4, 0.5) is 13.2 Å². The van der Waals surface area contributed by atoms with Gasteiger partial charge in [0.25, 0.3) is 0 Å². The monoisotopic (exact) mass is 160 g/mol. The Labute approximate surface area is 54.7 Å². The summed E-state index contributed by atoms with van der Waals surface area (Å²) in [6.45, 7) is 0. The smallest absolute Gasteiger partial charge is 0.374 e. The fraction of sp³-hybridized carbons (Fsp3) is 0.500. The van der Waals surface area contributed by atoms with Crippen LogP contribution in [0.5, 0.6) is 0 Å². The average molecular weight is 161 g/mol. The van der Waals surface area contributed by atoms with Crippen LogP contribution in [0.15, 0.2) is 12.2 Å². The zero-order valence-electron chi connectivity index (χ0n) is 4.19. The first-order valence-electron chi connectivity index (χ1n) is 2.00. The van der Waals surface area contributed by atoms with Gasteiger partial charge in [-0.25, -0.2) is 0 Å². The lowest BCUT2D eigenvalue weighted by Gasteiger charge is -1.96. The highest BCUT2D eigenvalue weighted by Gasteiger charge is 2.21. The van der Waals surface area contributed by atoms with Crippen molar-refractivity contribution in [2.45, 2.75) is 11.7 Å². The van der Waals surface area contributed by atoms with Gasteiger partial charge in [-0.1, -0.05) is 11.6 Å². The molecule has 0 saturated heterocycles. The van der Waals surface area contributed by atoms with Crippen LogP contribution in [0.25, 0.3) is 0 Å². The van der Waals surface area contributed by atoms with Gasteiger partial charge >= 0.3 is 6.18 Å². The van der Waals surface area contributed by atoms with Gasteiger partial charge in [0.15, 0.2) is 0 Å². The molecule has 0 heterocycles. The second kappa shape index (κ2) is 3.08. The molecule has 5 heteroatoms. The maximum absolute atomic E-state index is 11.2. The number of rotatable bonds is 1. The second-order valence-corrected chi connectivity index (χ2v) is 1.72. The summed E-state index contributed by atoms with van der Waals surface area (Å²) in [7, 11) is 0. The molecule has 0 saturated carbocycles. The van der Waals surface area contributed by atoms with Gasteiger partial charge in [-0.15, -0.1) is 0 Å². The van der Waals surface area contributed by atoms with E-state index in [-0.39, 0.29) is 6.08 Å². The third-order valence-electron chi connectivity index (χ3n) is 0.444. The van der Waals surface area contributed by atoms with Crippen molar-refractivity contribution in [2.75, 3.05) is 0 Å². The molecule has 0 aromatic heterocycles. The Bertz CT molecular complexity index is 107. The highest BCUT2D eigenvalue weighted by atomic mass is 35.5. The van der Waals surface area contributed by atoms with Gasteiger partial charge in [0.2, 0.25) is 0 Å². The first-order valence-corrected chi connectivity index (χ1v) is 2.44. The molecule has 0 aromatic carbocycles. The van der Waals surface area contributed by atoms with E-state index in [1.807, 2.05) is 0 Å². The molecule has 1 atom stereocenters. The number of hydrogen-bond donors (Lipinski definition) is 1. The topological polar surface area (TPSA) is 20.2 Å². The molecule has 0 aliphatic carbocycles. The molecule has 0 fully saturated rings.